The number of ketones is 1. The summed E-state index contributed by atoms with van der Waals surface area (Å²) in [6.45, 7) is 8.52. The molecule has 3 aromatic rings. The second-order valence-corrected chi connectivity index (χ2v) is 8.87. The predicted octanol–water partition coefficient (Wildman–Crippen LogP) is 4.85. The zero-order chi connectivity index (χ0) is 22.0. The average Bonchev–Trinajstić information content (AvgIpc) is 3.20. The van der Waals surface area contributed by atoms with Gasteiger partial charge in [-0.05, 0) is 50.1 Å². The van der Waals surface area contributed by atoms with Crippen molar-refractivity contribution in [1.29, 1.82) is 0 Å². The third-order valence-corrected chi connectivity index (χ3v) is 7.00. The molecule has 0 aliphatic carbocycles. The smallest absolute Gasteiger partial charge is 0.265 e. The van der Waals surface area contributed by atoms with Crippen LogP contribution in [0.2, 0.25) is 0 Å². The summed E-state index contributed by atoms with van der Waals surface area (Å²) in [5.41, 5.74) is 4.96. The molecule has 5 nitrogen and oxygen atoms in total. The molecule has 0 saturated carbocycles. The van der Waals surface area contributed by atoms with Crippen molar-refractivity contribution in [2.75, 3.05) is 31.1 Å². The van der Waals surface area contributed by atoms with Gasteiger partial charge in [0.2, 0.25) is 0 Å². The highest BCUT2D eigenvalue weighted by Crippen LogP contribution is 2.29. The molecule has 1 aliphatic heterocycles. The van der Waals surface area contributed by atoms with Crippen LogP contribution in [-0.4, -0.2) is 47.8 Å². The van der Waals surface area contributed by atoms with Gasteiger partial charge < -0.3 is 9.80 Å². The second kappa shape index (κ2) is 9.02. The minimum Gasteiger partial charge on any atom is -0.368 e. The normalized spacial score (nSPS) is 14.0. The predicted molar refractivity (Wildman–Crippen MR) is 126 cm³/mol. The molecule has 0 bridgehead atoms. The van der Waals surface area contributed by atoms with E-state index in [0.29, 0.717) is 13.1 Å². The van der Waals surface area contributed by atoms with Crippen LogP contribution in [0.3, 0.4) is 0 Å². The summed E-state index contributed by atoms with van der Waals surface area (Å²) in [7, 11) is 0. The SMILES string of the molecule is CCc1ccc(-c2nc(C)c(C(=O)N3CCN(c4ccc(C(C)=O)cc4)CC3)s2)cc1. The molecule has 1 aromatic heterocycles. The minimum absolute atomic E-state index is 0.0676. The zero-order valence-electron chi connectivity index (χ0n) is 18.2. The van der Waals surface area contributed by atoms with Crippen LogP contribution >= 0.6 is 11.3 Å². The lowest BCUT2D eigenvalue weighted by atomic mass is 10.1. The lowest BCUT2D eigenvalue weighted by Crippen LogP contribution is -2.48. The zero-order valence-corrected chi connectivity index (χ0v) is 19.0. The van der Waals surface area contributed by atoms with E-state index in [4.69, 9.17) is 0 Å². The highest BCUT2D eigenvalue weighted by Gasteiger charge is 2.26. The topological polar surface area (TPSA) is 53.5 Å². The number of piperazine rings is 1. The van der Waals surface area contributed by atoms with Crippen LogP contribution in [0.5, 0.6) is 0 Å². The van der Waals surface area contributed by atoms with Gasteiger partial charge in [0.05, 0.1) is 5.69 Å². The van der Waals surface area contributed by atoms with E-state index >= 15 is 0 Å². The van der Waals surface area contributed by atoms with Gasteiger partial charge in [0, 0.05) is 43.0 Å². The van der Waals surface area contributed by atoms with Gasteiger partial charge in [-0.2, -0.15) is 0 Å². The first-order valence-corrected chi connectivity index (χ1v) is 11.5. The molecule has 0 radical (unpaired) electrons. The van der Waals surface area contributed by atoms with Crippen LogP contribution in [-0.2, 0) is 6.42 Å². The van der Waals surface area contributed by atoms with E-state index in [0.717, 1.165) is 51.9 Å². The minimum atomic E-state index is 0.0676. The van der Waals surface area contributed by atoms with E-state index in [9.17, 15) is 9.59 Å². The Hall–Kier alpha value is -2.99. The van der Waals surface area contributed by atoms with Gasteiger partial charge in [-0.25, -0.2) is 4.98 Å². The molecule has 160 valence electrons. The van der Waals surface area contributed by atoms with Gasteiger partial charge >= 0.3 is 0 Å². The lowest BCUT2D eigenvalue weighted by Gasteiger charge is -2.36. The first kappa shape index (κ1) is 21.2. The number of carbonyl (C=O) groups is 2. The summed E-state index contributed by atoms with van der Waals surface area (Å²) < 4.78 is 0. The fraction of sp³-hybridized carbons (Fsp3) is 0.320. The van der Waals surface area contributed by atoms with E-state index < -0.39 is 0 Å². The largest absolute Gasteiger partial charge is 0.368 e. The van der Waals surface area contributed by atoms with Gasteiger partial charge in [0.15, 0.2) is 5.78 Å². The molecule has 2 aromatic carbocycles. The Balaban J connectivity index is 1.42. The maximum Gasteiger partial charge on any atom is 0.265 e. The summed E-state index contributed by atoms with van der Waals surface area (Å²) in [6.07, 6.45) is 1.01. The van der Waals surface area contributed by atoms with E-state index in [2.05, 4.69) is 41.1 Å². The van der Waals surface area contributed by atoms with Crippen molar-refractivity contribution in [3.8, 4) is 10.6 Å². The maximum absolute atomic E-state index is 13.2. The quantitative estimate of drug-likeness (QED) is 0.540. The lowest BCUT2D eigenvalue weighted by molar-refractivity contribution is 0.0750. The van der Waals surface area contributed by atoms with E-state index in [-0.39, 0.29) is 11.7 Å². The number of hydrogen-bond donors (Lipinski definition) is 0. The number of rotatable bonds is 5. The molecule has 1 amide bonds. The number of nitrogens with zero attached hydrogens (tertiary/aromatic N) is 3. The fourth-order valence-corrected chi connectivity index (χ4v) is 4.86. The molecule has 6 heteroatoms. The molecule has 1 aliphatic rings. The fourth-order valence-electron chi connectivity index (χ4n) is 3.82. The number of aromatic nitrogens is 1. The molecule has 0 spiro atoms. The summed E-state index contributed by atoms with van der Waals surface area (Å²) in [5.74, 6) is 0.139. The second-order valence-electron chi connectivity index (χ2n) is 7.87. The first-order chi connectivity index (χ1) is 15.0. The van der Waals surface area contributed by atoms with E-state index in [1.165, 1.54) is 16.9 Å². The number of Topliss-reactive ketones (excluding diaryl/α,β-unsaturated/α-hetero) is 1. The molecule has 31 heavy (non-hydrogen) atoms. The summed E-state index contributed by atoms with van der Waals surface area (Å²) in [4.78, 5) is 34.2. The van der Waals surface area contributed by atoms with Crippen molar-refractivity contribution in [1.82, 2.24) is 9.88 Å². The Morgan fingerprint density at radius 3 is 2.19 bits per heavy atom. The molecule has 4 rings (SSSR count). The van der Waals surface area contributed by atoms with Gasteiger partial charge in [-0.1, -0.05) is 31.2 Å². The average molecular weight is 434 g/mol. The van der Waals surface area contributed by atoms with Gasteiger partial charge in [0.25, 0.3) is 5.91 Å². The van der Waals surface area contributed by atoms with Crippen LogP contribution < -0.4 is 4.90 Å². The van der Waals surface area contributed by atoms with Crippen LogP contribution in [0, 0.1) is 6.92 Å². The van der Waals surface area contributed by atoms with Crippen molar-refractivity contribution in [3.63, 3.8) is 0 Å². The van der Waals surface area contributed by atoms with Crippen LogP contribution in [0.4, 0.5) is 5.69 Å². The summed E-state index contributed by atoms with van der Waals surface area (Å²) in [5, 5.41) is 0.896. The molecule has 1 saturated heterocycles. The number of aryl methyl sites for hydroxylation is 2. The Morgan fingerprint density at radius 2 is 1.61 bits per heavy atom. The number of carbonyl (C=O) groups excluding carboxylic acids is 2. The number of hydrogen-bond acceptors (Lipinski definition) is 5. The first-order valence-electron chi connectivity index (χ1n) is 10.7. The van der Waals surface area contributed by atoms with Crippen molar-refractivity contribution in [2.45, 2.75) is 27.2 Å². The Bertz CT molecular complexity index is 1080. The third-order valence-electron chi connectivity index (χ3n) is 5.81. The third kappa shape index (κ3) is 4.54. The van der Waals surface area contributed by atoms with Gasteiger partial charge in [-0.3, -0.25) is 9.59 Å². The molecule has 0 N–H and O–H groups in total. The number of thiazole rings is 1. The Kier molecular flexibility index (Phi) is 6.18. The maximum atomic E-state index is 13.2. The highest BCUT2D eigenvalue weighted by atomic mass is 32.1. The molecular weight excluding hydrogens is 406 g/mol. The van der Waals surface area contributed by atoms with Gasteiger partial charge in [0.1, 0.15) is 9.88 Å². The van der Waals surface area contributed by atoms with Crippen molar-refractivity contribution in [2.24, 2.45) is 0 Å². The van der Waals surface area contributed by atoms with Crippen LogP contribution in [0.25, 0.3) is 10.6 Å². The Labute approximate surface area is 187 Å². The number of anilines is 1. The standard InChI is InChI=1S/C25H27N3O2S/c1-4-19-5-7-21(8-6-19)24-26-17(2)23(31-24)25(30)28-15-13-27(14-16-28)22-11-9-20(10-12-22)18(3)29/h5-12H,4,13-16H2,1-3H3. The molecule has 2 heterocycles. The number of amides is 1. The van der Waals surface area contributed by atoms with Crippen molar-refractivity contribution < 1.29 is 9.59 Å². The van der Waals surface area contributed by atoms with Gasteiger partial charge in [-0.15, -0.1) is 11.3 Å². The highest BCUT2D eigenvalue weighted by molar-refractivity contribution is 7.17. The van der Waals surface area contributed by atoms with Crippen LogP contribution in [0.1, 0.15) is 45.1 Å². The van der Waals surface area contributed by atoms with E-state index in [1.54, 1.807) is 6.92 Å². The summed E-state index contributed by atoms with van der Waals surface area (Å²) >= 11 is 1.48. The summed E-state index contributed by atoms with van der Waals surface area (Å²) in [6, 6.07) is 16.1. The molecular formula is C25H27N3O2S. The van der Waals surface area contributed by atoms with Crippen LogP contribution in [0.15, 0.2) is 48.5 Å². The monoisotopic (exact) mass is 433 g/mol. The molecule has 0 unspecified atom stereocenters. The molecule has 0 atom stereocenters. The molecule has 1 fully saturated rings. The van der Waals surface area contributed by atoms with Crippen molar-refractivity contribution >= 4 is 28.7 Å². The van der Waals surface area contributed by atoms with Crippen molar-refractivity contribution in [3.05, 3.63) is 70.2 Å². The Morgan fingerprint density at radius 1 is 0.968 bits per heavy atom. The number of benzene rings is 2. The van der Waals surface area contributed by atoms with E-state index in [1.807, 2.05) is 36.1 Å².